The van der Waals surface area contributed by atoms with Gasteiger partial charge in [0, 0.05) is 25.5 Å². The van der Waals surface area contributed by atoms with E-state index in [0.717, 1.165) is 11.0 Å². The van der Waals surface area contributed by atoms with Gasteiger partial charge in [0.05, 0.1) is 11.3 Å². The fourth-order valence-electron chi connectivity index (χ4n) is 2.09. The molecule has 18 heavy (non-hydrogen) atoms. The van der Waals surface area contributed by atoms with E-state index in [4.69, 9.17) is 5.11 Å². The van der Waals surface area contributed by atoms with E-state index < -0.39 is 11.7 Å². The molecule has 1 unspecified atom stereocenters. The first-order valence-corrected chi connectivity index (χ1v) is 5.51. The van der Waals surface area contributed by atoms with Crippen molar-refractivity contribution < 1.29 is 23.1 Å². The highest BCUT2D eigenvalue weighted by molar-refractivity contribution is 5.96. The Kier molecular flexibility index (Phi) is 3.30. The van der Waals surface area contributed by atoms with Gasteiger partial charge in [-0.25, -0.2) is 0 Å². The Morgan fingerprint density at radius 2 is 2.00 bits per heavy atom. The highest BCUT2D eigenvalue weighted by Gasteiger charge is 2.38. The summed E-state index contributed by atoms with van der Waals surface area (Å²) in [7, 11) is 0. The van der Waals surface area contributed by atoms with Crippen LogP contribution in [0.1, 0.15) is 12.0 Å². The molecular weight excluding hydrogens is 247 g/mol. The Morgan fingerprint density at radius 3 is 2.56 bits per heavy atom. The third kappa shape index (κ3) is 2.33. The van der Waals surface area contributed by atoms with Gasteiger partial charge in [-0.15, -0.1) is 0 Å². The Balaban J connectivity index is 2.37. The highest BCUT2D eigenvalue weighted by atomic mass is 19.4. The molecule has 0 spiro atoms. The minimum atomic E-state index is -4.49. The van der Waals surface area contributed by atoms with Gasteiger partial charge in [-0.3, -0.25) is 4.79 Å². The number of aliphatic hydroxyl groups excluding tert-OH is 1. The van der Waals surface area contributed by atoms with Gasteiger partial charge in [0.15, 0.2) is 0 Å². The number of hydrogen-bond acceptors (Lipinski definition) is 2. The zero-order valence-corrected chi connectivity index (χ0v) is 9.44. The minimum absolute atomic E-state index is 0.0860. The second-order valence-electron chi connectivity index (χ2n) is 4.27. The fraction of sp³-hybridized carbons (Fsp3) is 0.417. The first-order valence-electron chi connectivity index (χ1n) is 5.51. The van der Waals surface area contributed by atoms with E-state index in [1.165, 1.54) is 18.2 Å². The molecule has 0 saturated carbocycles. The van der Waals surface area contributed by atoms with Gasteiger partial charge < -0.3 is 10.0 Å². The van der Waals surface area contributed by atoms with E-state index in [1.807, 2.05) is 0 Å². The molecule has 0 bridgehead atoms. The minimum Gasteiger partial charge on any atom is -0.396 e. The van der Waals surface area contributed by atoms with Gasteiger partial charge in [0.1, 0.15) is 0 Å². The molecule has 1 atom stereocenters. The quantitative estimate of drug-likeness (QED) is 0.883. The largest absolute Gasteiger partial charge is 0.418 e. The molecule has 1 aromatic carbocycles. The van der Waals surface area contributed by atoms with Crippen molar-refractivity contribution in [2.45, 2.75) is 12.6 Å². The predicted molar refractivity (Wildman–Crippen MR) is 59.0 cm³/mol. The summed E-state index contributed by atoms with van der Waals surface area (Å²) in [6.45, 7) is -0.0706. The van der Waals surface area contributed by atoms with Crippen molar-refractivity contribution in [3.05, 3.63) is 29.8 Å². The number of alkyl halides is 3. The number of aliphatic hydroxyl groups is 1. The third-order valence-electron chi connectivity index (χ3n) is 2.96. The maximum atomic E-state index is 12.8. The number of carbonyl (C=O) groups excluding carboxylic acids is 1. The summed E-state index contributed by atoms with van der Waals surface area (Å²) in [6, 6.07) is 4.98. The van der Waals surface area contributed by atoms with Gasteiger partial charge in [-0.1, -0.05) is 12.1 Å². The Bertz CT molecular complexity index is 459. The standard InChI is InChI=1S/C12H12F3NO2/c13-12(14,15)9-3-1-2-4-10(9)16-6-8(7-17)5-11(16)18/h1-4,8,17H,5-7H2. The molecule has 1 amide bonds. The molecule has 0 aliphatic carbocycles. The molecule has 0 radical (unpaired) electrons. The first-order chi connectivity index (χ1) is 8.43. The third-order valence-corrected chi connectivity index (χ3v) is 2.96. The zero-order valence-electron chi connectivity index (χ0n) is 9.44. The number of para-hydroxylation sites is 1. The topological polar surface area (TPSA) is 40.5 Å². The van der Waals surface area contributed by atoms with Crippen molar-refractivity contribution >= 4 is 11.6 Å². The summed E-state index contributed by atoms with van der Waals surface area (Å²) in [5.74, 6) is -0.676. The van der Waals surface area contributed by atoms with Gasteiger partial charge in [0.2, 0.25) is 5.91 Å². The van der Waals surface area contributed by atoms with Gasteiger partial charge in [0.25, 0.3) is 0 Å². The summed E-state index contributed by atoms with van der Waals surface area (Å²) in [5.41, 5.74) is -0.956. The zero-order chi connectivity index (χ0) is 13.3. The van der Waals surface area contributed by atoms with Crippen molar-refractivity contribution in [1.29, 1.82) is 0 Å². The summed E-state index contributed by atoms with van der Waals surface area (Å²) in [4.78, 5) is 12.8. The van der Waals surface area contributed by atoms with Gasteiger partial charge in [-0.05, 0) is 12.1 Å². The van der Waals surface area contributed by atoms with E-state index in [2.05, 4.69) is 0 Å². The summed E-state index contributed by atoms with van der Waals surface area (Å²) in [6.07, 6.45) is -4.41. The summed E-state index contributed by atoms with van der Waals surface area (Å²) < 4.78 is 38.5. The van der Waals surface area contributed by atoms with Crippen molar-refractivity contribution in [3.63, 3.8) is 0 Å². The Labute approximate surface area is 102 Å². The Hall–Kier alpha value is -1.56. The molecule has 2 rings (SSSR count). The van der Waals surface area contributed by atoms with Crippen molar-refractivity contribution in [1.82, 2.24) is 0 Å². The molecule has 1 aliphatic rings. The summed E-state index contributed by atoms with van der Waals surface area (Å²) >= 11 is 0. The van der Waals surface area contributed by atoms with Crippen LogP contribution in [0.5, 0.6) is 0 Å². The van der Waals surface area contributed by atoms with E-state index in [9.17, 15) is 18.0 Å². The molecule has 1 heterocycles. The monoisotopic (exact) mass is 259 g/mol. The molecular formula is C12H12F3NO2. The molecule has 3 nitrogen and oxygen atoms in total. The van der Waals surface area contributed by atoms with Crippen LogP contribution in [0.2, 0.25) is 0 Å². The average Bonchev–Trinajstić information content (AvgIpc) is 2.69. The molecule has 6 heteroatoms. The Morgan fingerprint density at radius 1 is 1.33 bits per heavy atom. The number of nitrogens with zero attached hydrogens (tertiary/aromatic N) is 1. The fourth-order valence-corrected chi connectivity index (χ4v) is 2.09. The van der Waals surface area contributed by atoms with Crippen molar-refractivity contribution in [3.8, 4) is 0 Å². The lowest BCUT2D eigenvalue weighted by Crippen LogP contribution is -2.27. The van der Waals surface area contributed by atoms with E-state index >= 15 is 0 Å². The molecule has 1 saturated heterocycles. The average molecular weight is 259 g/mol. The van der Waals surface area contributed by atoms with Crippen LogP contribution >= 0.6 is 0 Å². The number of hydrogen-bond donors (Lipinski definition) is 1. The number of benzene rings is 1. The van der Waals surface area contributed by atoms with Crippen LogP contribution < -0.4 is 4.90 Å². The lowest BCUT2D eigenvalue weighted by Gasteiger charge is -2.21. The van der Waals surface area contributed by atoms with Crippen LogP contribution in [-0.4, -0.2) is 24.2 Å². The molecule has 1 N–H and O–H groups in total. The van der Waals surface area contributed by atoms with Crippen LogP contribution in [0, 0.1) is 5.92 Å². The SMILES string of the molecule is O=C1CC(CO)CN1c1ccccc1C(F)(F)F. The van der Waals surface area contributed by atoms with Crippen molar-refractivity contribution in [2.24, 2.45) is 5.92 Å². The highest BCUT2D eigenvalue weighted by Crippen LogP contribution is 2.38. The van der Waals surface area contributed by atoms with Crippen molar-refractivity contribution in [2.75, 3.05) is 18.1 Å². The number of carbonyl (C=O) groups is 1. The van der Waals surface area contributed by atoms with Crippen LogP contribution in [0.3, 0.4) is 0 Å². The maximum Gasteiger partial charge on any atom is 0.418 e. The smallest absolute Gasteiger partial charge is 0.396 e. The lowest BCUT2D eigenvalue weighted by molar-refractivity contribution is -0.137. The normalized spacial score (nSPS) is 20.6. The molecule has 0 aromatic heterocycles. The maximum absolute atomic E-state index is 12.8. The second-order valence-corrected chi connectivity index (χ2v) is 4.27. The van der Waals surface area contributed by atoms with E-state index in [-0.39, 0.29) is 37.1 Å². The molecule has 98 valence electrons. The van der Waals surface area contributed by atoms with Crippen LogP contribution in [0.25, 0.3) is 0 Å². The van der Waals surface area contributed by atoms with E-state index in [0.29, 0.717) is 0 Å². The van der Waals surface area contributed by atoms with E-state index in [1.54, 1.807) is 0 Å². The van der Waals surface area contributed by atoms with Crippen LogP contribution in [0.4, 0.5) is 18.9 Å². The number of anilines is 1. The predicted octanol–water partition coefficient (Wildman–Crippen LogP) is 2.05. The lowest BCUT2D eigenvalue weighted by atomic mass is 10.1. The first kappa shape index (κ1) is 12.9. The van der Waals surface area contributed by atoms with Crippen LogP contribution in [0.15, 0.2) is 24.3 Å². The van der Waals surface area contributed by atoms with Gasteiger partial charge in [-0.2, -0.15) is 13.2 Å². The second kappa shape index (κ2) is 4.61. The van der Waals surface area contributed by atoms with Crippen LogP contribution in [-0.2, 0) is 11.0 Å². The molecule has 1 fully saturated rings. The number of amides is 1. The molecule has 1 aliphatic heterocycles. The van der Waals surface area contributed by atoms with Gasteiger partial charge >= 0.3 is 6.18 Å². The summed E-state index contributed by atoms with van der Waals surface area (Å²) in [5, 5.41) is 8.98. The number of rotatable bonds is 2. The number of halogens is 3. The molecule has 1 aromatic rings.